The molecule has 6 saturated heterocycles. The molecule has 3 aromatic rings. The van der Waals surface area contributed by atoms with Crippen LogP contribution in [-0.4, -0.2) is 169 Å². The number of carbonyl (C=O) groups excluding carboxylic acids is 2. The van der Waals surface area contributed by atoms with Gasteiger partial charge in [0, 0.05) is 74.2 Å². The van der Waals surface area contributed by atoms with Gasteiger partial charge in [-0.25, -0.2) is 9.36 Å². The van der Waals surface area contributed by atoms with Crippen LogP contribution in [-0.2, 0) is 9.53 Å². The van der Waals surface area contributed by atoms with Crippen molar-refractivity contribution in [1.29, 1.82) is 0 Å². The Morgan fingerprint density at radius 2 is 1.15 bits per heavy atom. The summed E-state index contributed by atoms with van der Waals surface area (Å²) in [5.74, 6) is 2.17. The number of hydrogen-bond donors (Lipinski definition) is 4. The number of ether oxygens (including phenoxy) is 1. The lowest BCUT2D eigenvalue weighted by Gasteiger charge is -2.38. The highest BCUT2D eigenvalue weighted by Gasteiger charge is 2.30. The largest absolute Gasteiger partial charge is 0.506 e. The van der Waals surface area contributed by atoms with Gasteiger partial charge in [-0.05, 0) is 248 Å². The minimum absolute atomic E-state index is 0.157. The summed E-state index contributed by atoms with van der Waals surface area (Å²) in [5.41, 5.74) is 14.7. The molecule has 1 unspecified atom stereocenters. The molecule has 0 spiro atoms. The van der Waals surface area contributed by atoms with Gasteiger partial charge in [-0.1, -0.05) is 45.9 Å². The Morgan fingerprint density at radius 3 is 1.57 bits per heavy atom. The Kier molecular flexibility index (Phi) is 32.0. The highest BCUT2D eigenvalue weighted by atomic mass is 35.5. The molecule has 6 aliphatic rings. The summed E-state index contributed by atoms with van der Waals surface area (Å²) in [4.78, 5) is 34.8. The van der Waals surface area contributed by atoms with Gasteiger partial charge in [0.05, 0.1) is 30.0 Å². The molecule has 6 aliphatic heterocycles. The monoisotopic (exact) mass is 1220 g/mol. The van der Waals surface area contributed by atoms with Gasteiger partial charge in [0.2, 0.25) is 5.91 Å². The van der Waals surface area contributed by atoms with E-state index in [0.29, 0.717) is 65.3 Å². The molecular formula is C68H123ClN13O4+. The number of aromatic nitrogens is 5. The SMILES string of the molecule is C=C(N)C1CCN(C(C)C)CC1.CC(C)N1CCC(N2CCCC2)CC1.CC(C)N1CCCC(CC(N)=O)C1.CC(C)c1cnn(C2CCN(C(=O)OC(C)(C)C)CC2)c1.CC(C)c1cnn(C2CCNCC2)c1.Cc1c[n+](C(C)C)cc(Cl)c1O. The lowest BCUT2D eigenvalue weighted by atomic mass is 9.94. The first-order valence-electron chi connectivity index (χ1n) is 33.4. The summed E-state index contributed by atoms with van der Waals surface area (Å²) in [7, 11) is 0. The second kappa shape index (κ2) is 37.0. The van der Waals surface area contributed by atoms with Crippen molar-refractivity contribution in [2.75, 3.05) is 78.5 Å². The standard InChI is InChI=1S/C16H27N3O2.C12H24N2.C11H19N3.C10H20N2O.C10H20N2.C9H12ClNO/c1-12(2)13-10-17-19(11-13)14-6-8-18(9-7-14)15(20)21-16(3,4)5;1-11(2)13-9-5-12(6-10-13)14-7-3-4-8-14;1-9(2)10-7-13-14(8-10)11-3-5-12-6-4-11;1-8(2)12-5-3-4-9(7-12)6-10(11)13;1-8(2)12-6-4-10(5-7-12)9(3)11;1-6(2)11-4-7(3)9(12)8(10)5-11/h10-12,14H,6-9H2,1-5H3;11-12H,3-10H2,1-2H3;7-9,11-12H,3-6H2,1-2H3;8-9H,3-7H2,1-2H3,(H2,11,13);8,10H,3-7,11H2,1-2H3;4-6H,1-3H3/p+1. The minimum atomic E-state index is -0.428. The predicted molar refractivity (Wildman–Crippen MR) is 355 cm³/mol. The summed E-state index contributed by atoms with van der Waals surface area (Å²) < 4.78 is 11.6. The number of nitrogens with one attached hydrogen (secondary N) is 1. The molecule has 0 aromatic carbocycles. The summed E-state index contributed by atoms with van der Waals surface area (Å²) in [6.45, 7) is 51.4. The number of hydrogen-bond acceptors (Lipinski definition) is 12. The Bertz CT molecular complexity index is 2370. The van der Waals surface area contributed by atoms with E-state index in [1.165, 1.54) is 115 Å². The van der Waals surface area contributed by atoms with E-state index in [1.54, 1.807) is 11.1 Å². The number of pyridine rings is 1. The van der Waals surface area contributed by atoms with Crippen molar-refractivity contribution in [1.82, 2.24) is 49.4 Å². The van der Waals surface area contributed by atoms with Crippen molar-refractivity contribution in [2.45, 2.75) is 254 Å². The molecule has 6 N–H and O–H groups in total. The molecule has 86 heavy (non-hydrogen) atoms. The molecule has 17 nitrogen and oxygen atoms in total. The number of allylic oxidation sites excluding steroid dienone is 1. The van der Waals surface area contributed by atoms with E-state index < -0.39 is 5.60 Å². The Morgan fingerprint density at radius 1 is 0.674 bits per heavy atom. The average molecular weight is 1220 g/mol. The van der Waals surface area contributed by atoms with Gasteiger partial charge < -0.3 is 51.1 Å². The highest BCUT2D eigenvalue weighted by Crippen LogP contribution is 2.28. The van der Waals surface area contributed by atoms with Crippen LogP contribution in [0.25, 0.3) is 0 Å². The predicted octanol–water partition coefficient (Wildman–Crippen LogP) is 12.2. The molecule has 9 rings (SSSR count). The molecule has 2 amide bonds. The molecule has 0 aliphatic carbocycles. The van der Waals surface area contributed by atoms with Crippen LogP contribution >= 0.6 is 11.6 Å². The van der Waals surface area contributed by atoms with Crippen LogP contribution in [0.15, 0.2) is 49.5 Å². The van der Waals surface area contributed by atoms with Gasteiger partial charge >= 0.3 is 6.09 Å². The average Bonchev–Trinajstić information content (AvgIpc) is 4.46. The summed E-state index contributed by atoms with van der Waals surface area (Å²) in [6, 6.07) is 4.29. The lowest BCUT2D eigenvalue weighted by molar-refractivity contribution is -0.716. The number of nitrogens with zero attached hydrogens (tertiary/aromatic N) is 10. The summed E-state index contributed by atoms with van der Waals surface area (Å²) >= 11 is 5.79. The van der Waals surface area contributed by atoms with Gasteiger partial charge in [-0.3, -0.25) is 14.2 Å². The highest BCUT2D eigenvalue weighted by molar-refractivity contribution is 6.31. The first kappa shape index (κ1) is 74.2. The first-order valence-corrected chi connectivity index (χ1v) is 33.8. The molecule has 3 aromatic heterocycles. The van der Waals surface area contributed by atoms with E-state index in [-0.39, 0.29) is 17.7 Å². The molecule has 1 atom stereocenters. The van der Waals surface area contributed by atoms with E-state index in [1.807, 2.05) is 50.9 Å². The third-order valence-electron chi connectivity index (χ3n) is 18.0. The quantitative estimate of drug-likeness (QED) is 0.126. The van der Waals surface area contributed by atoms with Gasteiger partial charge in [-0.2, -0.15) is 10.2 Å². The number of amides is 2. The van der Waals surface area contributed by atoms with Crippen molar-refractivity contribution in [3.63, 3.8) is 0 Å². The summed E-state index contributed by atoms with van der Waals surface area (Å²) in [5, 5.41) is 22.1. The van der Waals surface area contributed by atoms with E-state index in [9.17, 15) is 14.7 Å². The summed E-state index contributed by atoms with van der Waals surface area (Å²) in [6.07, 6.45) is 27.0. The Balaban J connectivity index is 0.000000224. The fourth-order valence-corrected chi connectivity index (χ4v) is 12.4. The maximum absolute atomic E-state index is 12.0. The molecule has 490 valence electrons. The van der Waals surface area contributed by atoms with Crippen LogP contribution in [0.3, 0.4) is 0 Å². The van der Waals surface area contributed by atoms with E-state index in [0.717, 1.165) is 75.3 Å². The third kappa shape index (κ3) is 26.1. The normalized spacial score (nSPS) is 20.1. The van der Waals surface area contributed by atoms with Crippen LogP contribution in [0.4, 0.5) is 4.79 Å². The topological polar surface area (TPSA) is 183 Å². The lowest BCUT2D eigenvalue weighted by Crippen LogP contribution is -2.45. The molecular weight excluding hydrogens is 1100 g/mol. The molecule has 0 saturated carbocycles. The van der Waals surface area contributed by atoms with Gasteiger partial charge in [-0.15, -0.1) is 0 Å². The minimum Gasteiger partial charge on any atom is -0.506 e. The number of halogens is 1. The van der Waals surface area contributed by atoms with Gasteiger partial charge in [0.15, 0.2) is 18.4 Å². The number of aryl methyl sites for hydroxylation is 1. The zero-order valence-electron chi connectivity index (χ0n) is 56.9. The zero-order valence-corrected chi connectivity index (χ0v) is 57.6. The molecule has 6 fully saturated rings. The second-order valence-electron chi connectivity index (χ2n) is 28.0. The maximum Gasteiger partial charge on any atom is 0.410 e. The maximum atomic E-state index is 12.0. The van der Waals surface area contributed by atoms with Crippen LogP contribution in [0.5, 0.6) is 5.75 Å². The zero-order chi connectivity index (χ0) is 63.8. The van der Waals surface area contributed by atoms with Crippen molar-refractivity contribution in [3.05, 3.63) is 71.2 Å². The number of likely N-dealkylation sites (tertiary alicyclic amines) is 5. The Hall–Kier alpha value is -4.26. The Labute approximate surface area is 527 Å². The fraction of sp³-hybridized carbons (Fsp3) is 0.779. The second-order valence-corrected chi connectivity index (χ2v) is 28.4. The fourth-order valence-electron chi connectivity index (χ4n) is 12.1. The number of piperidine rings is 5. The van der Waals surface area contributed by atoms with Crippen LogP contribution < -0.4 is 21.4 Å². The smallest absolute Gasteiger partial charge is 0.410 e. The number of rotatable bonds is 12. The molecule has 0 radical (unpaired) electrons. The molecule has 18 heteroatoms. The van der Waals surface area contributed by atoms with Crippen molar-refractivity contribution in [3.8, 4) is 5.75 Å². The van der Waals surface area contributed by atoms with E-state index in [2.05, 4.69) is 147 Å². The number of nitrogens with two attached hydrogens (primary N) is 2. The number of primary amides is 1. The van der Waals surface area contributed by atoms with Crippen LogP contribution in [0.2, 0.25) is 5.02 Å². The van der Waals surface area contributed by atoms with Crippen molar-refractivity contribution < 1.29 is 24.0 Å². The number of carbonyl (C=O) groups is 2. The third-order valence-corrected chi connectivity index (χ3v) is 18.3. The molecule has 0 bridgehead atoms. The van der Waals surface area contributed by atoms with Gasteiger partial charge in [0.1, 0.15) is 16.4 Å². The van der Waals surface area contributed by atoms with Crippen molar-refractivity contribution in [2.24, 2.45) is 23.3 Å². The first-order chi connectivity index (χ1) is 40.5. The van der Waals surface area contributed by atoms with Crippen LogP contribution in [0, 0.1) is 18.8 Å². The van der Waals surface area contributed by atoms with E-state index in [4.69, 9.17) is 27.8 Å². The van der Waals surface area contributed by atoms with Crippen LogP contribution in [0.1, 0.15) is 234 Å². The number of aromatic hydroxyl groups is 1. The van der Waals surface area contributed by atoms with Crippen molar-refractivity contribution >= 4 is 23.6 Å². The van der Waals surface area contributed by atoms with Gasteiger partial charge in [0.25, 0.3) is 0 Å². The van der Waals surface area contributed by atoms with E-state index >= 15 is 0 Å². The molecule has 9 heterocycles.